The van der Waals surface area contributed by atoms with Gasteiger partial charge >= 0.3 is 0 Å². The Bertz CT molecular complexity index is 996. The van der Waals surface area contributed by atoms with Crippen LogP contribution in [-0.2, 0) is 20.6 Å². The number of hydrogen-bond donors (Lipinski definition) is 1. The van der Waals surface area contributed by atoms with Gasteiger partial charge in [0.1, 0.15) is 12.4 Å². The van der Waals surface area contributed by atoms with E-state index in [-0.39, 0.29) is 23.8 Å². The lowest BCUT2D eigenvalue weighted by molar-refractivity contribution is -0.119. The molecule has 0 aliphatic rings. The highest BCUT2D eigenvalue weighted by Crippen LogP contribution is 2.19. The molecular weight excluding hydrogens is 427 g/mol. The van der Waals surface area contributed by atoms with Gasteiger partial charge in [-0.1, -0.05) is 30.3 Å². The quantitative estimate of drug-likeness (QED) is 0.418. The summed E-state index contributed by atoms with van der Waals surface area (Å²) in [7, 11) is -3.71. The molecule has 30 heavy (non-hydrogen) atoms. The summed E-state index contributed by atoms with van der Waals surface area (Å²) in [4.78, 5) is 23.8. The van der Waals surface area contributed by atoms with Gasteiger partial charge in [-0.3, -0.25) is 13.9 Å². The molecule has 0 aliphatic heterocycles. The number of anilines is 1. The van der Waals surface area contributed by atoms with Crippen LogP contribution in [0.2, 0.25) is 0 Å². The summed E-state index contributed by atoms with van der Waals surface area (Å²) in [5.74, 6) is 0.420. The number of amides is 1. The van der Waals surface area contributed by atoms with Crippen LogP contribution >= 0.6 is 11.8 Å². The Hall–Kier alpha value is -2.39. The van der Waals surface area contributed by atoms with Gasteiger partial charge in [0.05, 0.1) is 11.9 Å². The number of benzene rings is 2. The van der Waals surface area contributed by atoms with Crippen LogP contribution in [0.3, 0.4) is 0 Å². The maximum absolute atomic E-state index is 13.6. The fourth-order valence-electron chi connectivity index (χ4n) is 2.67. The first kappa shape index (κ1) is 23.9. The Morgan fingerprint density at radius 1 is 1.13 bits per heavy atom. The Balaban J connectivity index is 1.83. The molecule has 0 unspecified atom stereocenters. The van der Waals surface area contributed by atoms with E-state index in [1.54, 1.807) is 48.2 Å². The first-order chi connectivity index (χ1) is 14.2. The number of hydrogen-bond acceptors (Lipinski definition) is 5. The molecule has 1 amide bonds. The summed E-state index contributed by atoms with van der Waals surface area (Å²) in [5, 5.41) is 2.70. The average Bonchev–Trinajstić information content (AvgIpc) is 2.69. The number of sulfonamides is 1. The predicted molar refractivity (Wildman–Crippen MR) is 119 cm³/mol. The normalized spacial score (nSPS) is 11.2. The van der Waals surface area contributed by atoms with E-state index in [1.165, 1.54) is 19.1 Å². The van der Waals surface area contributed by atoms with Gasteiger partial charge in [0.2, 0.25) is 15.9 Å². The maximum atomic E-state index is 13.6. The number of carbonyl (C=O) groups is 2. The molecule has 1 N–H and O–H groups in total. The molecule has 0 radical (unpaired) electrons. The fraction of sp³-hybridized carbons (Fsp3) is 0.333. The second-order valence-electron chi connectivity index (χ2n) is 6.72. The van der Waals surface area contributed by atoms with Crippen molar-refractivity contribution in [2.75, 3.05) is 29.4 Å². The second-order valence-corrected chi connectivity index (χ2v) is 9.74. The molecule has 2 rings (SSSR count). The van der Waals surface area contributed by atoms with Crippen LogP contribution in [0.5, 0.6) is 0 Å². The third-order valence-electron chi connectivity index (χ3n) is 4.23. The van der Waals surface area contributed by atoms with Crippen molar-refractivity contribution in [2.45, 2.75) is 19.1 Å². The highest BCUT2D eigenvalue weighted by Gasteiger charge is 2.21. The standard InChI is InChI=1S/C21H25FN2O4S2/c1-16(25)17-8-5-9-19(13-17)24(30(2,27)28)14-21(26)23-11-6-12-29-15-18-7-3-4-10-20(18)22/h3-5,7-10,13H,6,11-12,14-15H2,1-2H3,(H,23,26). The van der Waals surface area contributed by atoms with Crippen LogP contribution in [-0.4, -0.2) is 45.2 Å². The van der Waals surface area contributed by atoms with E-state index < -0.39 is 15.9 Å². The molecule has 0 saturated heterocycles. The summed E-state index contributed by atoms with van der Waals surface area (Å²) in [6.07, 6.45) is 1.68. The van der Waals surface area contributed by atoms with E-state index in [0.717, 1.165) is 16.3 Å². The minimum atomic E-state index is -3.71. The van der Waals surface area contributed by atoms with Crippen molar-refractivity contribution in [1.82, 2.24) is 5.32 Å². The molecule has 0 aliphatic carbocycles. The molecule has 0 saturated carbocycles. The van der Waals surface area contributed by atoms with Crippen LogP contribution in [0.15, 0.2) is 48.5 Å². The number of ketones is 1. The van der Waals surface area contributed by atoms with Crippen molar-refractivity contribution >= 4 is 39.2 Å². The van der Waals surface area contributed by atoms with E-state index in [9.17, 15) is 22.4 Å². The molecule has 9 heteroatoms. The summed E-state index contributed by atoms with van der Waals surface area (Å²) in [5.41, 5.74) is 1.28. The van der Waals surface area contributed by atoms with Crippen molar-refractivity contribution in [3.63, 3.8) is 0 Å². The van der Waals surface area contributed by atoms with Crippen LogP contribution in [0, 0.1) is 5.82 Å². The van der Waals surface area contributed by atoms with Crippen molar-refractivity contribution in [3.8, 4) is 0 Å². The zero-order valence-corrected chi connectivity index (χ0v) is 18.6. The third kappa shape index (κ3) is 7.46. The van der Waals surface area contributed by atoms with E-state index in [1.807, 2.05) is 0 Å². The van der Waals surface area contributed by atoms with Crippen molar-refractivity contribution in [2.24, 2.45) is 0 Å². The number of halogens is 1. The topological polar surface area (TPSA) is 83.6 Å². The maximum Gasteiger partial charge on any atom is 0.240 e. The summed E-state index contributed by atoms with van der Waals surface area (Å²) in [6, 6.07) is 12.8. The Morgan fingerprint density at radius 3 is 2.53 bits per heavy atom. The second kappa shape index (κ2) is 11.1. The molecule has 2 aromatic carbocycles. The van der Waals surface area contributed by atoms with Crippen LogP contribution < -0.4 is 9.62 Å². The number of nitrogens with zero attached hydrogens (tertiary/aromatic N) is 1. The monoisotopic (exact) mass is 452 g/mol. The van der Waals surface area contributed by atoms with Gasteiger partial charge in [0, 0.05) is 17.9 Å². The molecule has 0 fully saturated rings. The van der Waals surface area contributed by atoms with Crippen molar-refractivity contribution in [3.05, 3.63) is 65.5 Å². The highest BCUT2D eigenvalue weighted by atomic mass is 32.2. The first-order valence-corrected chi connectivity index (χ1v) is 12.4. The number of Topliss-reactive ketones (excluding diaryl/α,β-unsaturated/α-hetero) is 1. The number of rotatable bonds is 11. The number of nitrogens with one attached hydrogen (secondary N) is 1. The smallest absolute Gasteiger partial charge is 0.240 e. The lowest BCUT2D eigenvalue weighted by Crippen LogP contribution is -2.40. The Morgan fingerprint density at radius 2 is 1.87 bits per heavy atom. The van der Waals surface area contributed by atoms with E-state index in [4.69, 9.17) is 0 Å². The molecule has 0 bridgehead atoms. The molecule has 0 aromatic heterocycles. The van der Waals surface area contributed by atoms with Gasteiger partial charge in [-0.2, -0.15) is 11.8 Å². The largest absolute Gasteiger partial charge is 0.354 e. The summed E-state index contributed by atoms with van der Waals surface area (Å²) < 4.78 is 38.8. The molecule has 6 nitrogen and oxygen atoms in total. The molecule has 162 valence electrons. The fourth-order valence-corrected chi connectivity index (χ4v) is 4.46. The summed E-state index contributed by atoms with van der Waals surface area (Å²) in [6.45, 7) is 1.40. The van der Waals surface area contributed by atoms with Crippen LogP contribution in [0.4, 0.5) is 10.1 Å². The zero-order valence-electron chi connectivity index (χ0n) is 16.9. The van der Waals surface area contributed by atoms with Crippen LogP contribution in [0.25, 0.3) is 0 Å². The molecule has 0 spiro atoms. The van der Waals surface area contributed by atoms with Gasteiger partial charge in [-0.25, -0.2) is 12.8 Å². The summed E-state index contributed by atoms with van der Waals surface area (Å²) >= 11 is 1.56. The minimum Gasteiger partial charge on any atom is -0.354 e. The molecule has 0 atom stereocenters. The van der Waals surface area contributed by atoms with Crippen molar-refractivity contribution < 1.29 is 22.4 Å². The predicted octanol–water partition coefficient (Wildman–Crippen LogP) is 3.23. The highest BCUT2D eigenvalue weighted by molar-refractivity contribution is 7.98. The van der Waals surface area contributed by atoms with Gasteiger partial charge in [-0.05, 0) is 42.9 Å². The number of thioether (sulfide) groups is 1. The van der Waals surface area contributed by atoms with Crippen molar-refractivity contribution in [1.29, 1.82) is 0 Å². The van der Waals surface area contributed by atoms with Gasteiger partial charge in [0.25, 0.3) is 0 Å². The van der Waals surface area contributed by atoms with Gasteiger partial charge in [-0.15, -0.1) is 0 Å². The number of carbonyl (C=O) groups excluding carboxylic acids is 2. The molecular formula is C21H25FN2O4S2. The lowest BCUT2D eigenvalue weighted by Gasteiger charge is -2.22. The minimum absolute atomic E-state index is 0.192. The lowest BCUT2D eigenvalue weighted by atomic mass is 10.1. The first-order valence-electron chi connectivity index (χ1n) is 9.35. The SMILES string of the molecule is CC(=O)c1cccc(N(CC(=O)NCCCSCc2ccccc2F)S(C)(=O)=O)c1. The molecule has 2 aromatic rings. The van der Waals surface area contributed by atoms with E-state index >= 15 is 0 Å². The van der Waals surface area contributed by atoms with E-state index in [0.29, 0.717) is 29.8 Å². The molecule has 0 heterocycles. The Labute approximate surface area is 180 Å². The van der Waals surface area contributed by atoms with Gasteiger partial charge < -0.3 is 5.32 Å². The zero-order chi connectivity index (χ0) is 22.1. The Kier molecular flexibility index (Phi) is 8.86. The third-order valence-corrected chi connectivity index (χ3v) is 6.46. The van der Waals surface area contributed by atoms with E-state index in [2.05, 4.69) is 5.32 Å². The van der Waals surface area contributed by atoms with Crippen LogP contribution in [0.1, 0.15) is 29.3 Å². The van der Waals surface area contributed by atoms with Gasteiger partial charge in [0.15, 0.2) is 5.78 Å². The average molecular weight is 453 g/mol.